The summed E-state index contributed by atoms with van der Waals surface area (Å²) >= 11 is 0. The van der Waals surface area contributed by atoms with E-state index in [1.807, 2.05) is 18.2 Å². The van der Waals surface area contributed by atoms with E-state index in [0.29, 0.717) is 19.8 Å². The summed E-state index contributed by atoms with van der Waals surface area (Å²) in [6, 6.07) is 5.72. The Morgan fingerprint density at radius 2 is 2.00 bits per heavy atom. The molecule has 19 heavy (non-hydrogen) atoms. The molecule has 0 bridgehead atoms. The minimum atomic E-state index is 0.0859. The lowest BCUT2D eigenvalue weighted by atomic mass is 9.99. The zero-order valence-electron chi connectivity index (χ0n) is 10.7. The van der Waals surface area contributed by atoms with Crippen LogP contribution < -0.4 is 14.8 Å². The van der Waals surface area contributed by atoms with Crippen molar-refractivity contribution in [2.24, 2.45) is 5.92 Å². The van der Waals surface area contributed by atoms with E-state index < -0.39 is 0 Å². The molecule has 0 radical (unpaired) electrons. The van der Waals surface area contributed by atoms with Gasteiger partial charge in [0.15, 0.2) is 11.5 Å². The molecule has 2 heterocycles. The van der Waals surface area contributed by atoms with Gasteiger partial charge in [0.2, 0.25) is 12.7 Å². The lowest BCUT2D eigenvalue weighted by Gasteiger charge is -2.21. The van der Waals surface area contributed by atoms with E-state index in [-0.39, 0.29) is 18.6 Å². The zero-order chi connectivity index (χ0) is 13.1. The van der Waals surface area contributed by atoms with Crippen LogP contribution in [-0.4, -0.2) is 25.9 Å². The van der Waals surface area contributed by atoms with Crippen molar-refractivity contribution in [3.05, 3.63) is 23.8 Å². The van der Waals surface area contributed by atoms with Gasteiger partial charge in [-0.2, -0.15) is 0 Å². The maximum absolute atomic E-state index is 12.0. The van der Waals surface area contributed by atoms with Gasteiger partial charge in [0.05, 0.1) is 0 Å². The zero-order valence-corrected chi connectivity index (χ0v) is 10.7. The Balaban J connectivity index is 1.55. The largest absolute Gasteiger partial charge is 0.454 e. The van der Waals surface area contributed by atoms with Crippen LogP contribution in [-0.2, 0) is 16.1 Å². The average molecular weight is 263 g/mol. The Labute approximate surface area is 111 Å². The molecular formula is C14H17NO4. The molecule has 5 heteroatoms. The lowest BCUT2D eigenvalue weighted by molar-refractivity contribution is -0.128. The number of hydrogen-bond donors (Lipinski definition) is 1. The molecule has 1 aromatic rings. The van der Waals surface area contributed by atoms with Crippen molar-refractivity contribution in [3.63, 3.8) is 0 Å². The minimum Gasteiger partial charge on any atom is -0.454 e. The summed E-state index contributed by atoms with van der Waals surface area (Å²) in [5.41, 5.74) is 1.02. The van der Waals surface area contributed by atoms with Crippen molar-refractivity contribution in [1.82, 2.24) is 5.32 Å². The maximum Gasteiger partial charge on any atom is 0.231 e. The minimum absolute atomic E-state index is 0.0859. The predicted octanol–water partition coefficient (Wildman–Crippen LogP) is 1.46. The third-order valence-corrected chi connectivity index (χ3v) is 3.50. The van der Waals surface area contributed by atoms with Gasteiger partial charge in [-0.25, -0.2) is 0 Å². The summed E-state index contributed by atoms with van der Waals surface area (Å²) < 4.78 is 15.8. The molecule has 0 saturated carbocycles. The number of nitrogens with one attached hydrogen (secondary N) is 1. The first-order chi connectivity index (χ1) is 9.33. The van der Waals surface area contributed by atoms with E-state index in [0.717, 1.165) is 29.9 Å². The molecule has 1 fully saturated rings. The third-order valence-electron chi connectivity index (χ3n) is 3.50. The van der Waals surface area contributed by atoms with E-state index in [1.165, 1.54) is 0 Å². The second-order valence-electron chi connectivity index (χ2n) is 4.79. The first kappa shape index (κ1) is 12.3. The van der Waals surface area contributed by atoms with Crippen LogP contribution in [0.1, 0.15) is 18.4 Å². The van der Waals surface area contributed by atoms with Crippen molar-refractivity contribution in [3.8, 4) is 11.5 Å². The molecule has 2 aliphatic rings. The van der Waals surface area contributed by atoms with Crippen molar-refractivity contribution in [2.45, 2.75) is 19.4 Å². The molecule has 1 aromatic carbocycles. The lowest BCUT2D eigenvalue weighted by Crippen LogP contribution is -2.33. The molecule has 2 aliphatic heterocycles. The fraction of sp³-hybridized carbons (Fsp3) is 0.500. The first-order valence-corrected chi connectivity index (χ1v) is 6.57. The van der Waals surface area contributed by atoms with Gasteiger partial charge in [0, 0.05) is 25.7 Å². The topological polar surface area (TPSA) is 56.8 Å². The van der Waals surface area contributed by atoms with Crippen LogP contribution in [0, 0.1) is 5.92 Å². The first-order valence-electron chi connectivity index (χ1n) is 6.57. The molecule has 0 aromatic heterocycles. The Kier molecular flexibility index (Phi) is 3.55. The van der Waals surface area contributed by atoms with Crippen LogP contribution in [0.4, 0.5) is 0 Å². The summed E-state index contributed by atoms with van der Waals surface area (Å²) in [4.78, 5) is 12.0. The van der Waals surface area contributed by atoms with Crippen LogP contribution in [0.3, 0.4) is 0 Å². The summed E-state index contributed by atoms with van der Waals surface area (Å²) in [5, 5.41) is 2.97. The van der Waals surface area contributed by atoms with E-state index in [4.69, 9.17) is 14.2 Å². The molecule has 1 amide bonds. The average Bonchev–Trinajstić information content (AvgIpc) is 2.93. The van der Waals surface area contributed by atoms with E-state index in [1.54, 1.807) is 0 Å². The SMILES string of the molecule is O=C(NCc1ccc2c(c1)OCO2)C1CCOCC1. The number of carbonyl (C=O) groups is 1. The van der Waals surface area contributed by atoms with Crippen LogP contribution in [0.25, 0.3) is 0 Å². The van der Waals surface area contributed by atoms with Crippen molar-refractivity contribution in [1.29, 1.82) is 0 Å². The van der Waals surface area contributed by atoms with Crippen LogP contribution in [0.2, 0.25) is 0 Å². The van der Waals surface area contributed by atoms with Gasteiger partial charge >= 0.3 is 0 Å². The van der Waals surface area contributed by atoms with Crippen LogP contribution >= 0.6 is 0 Å². The van der Waals surface area contributed by atoms with Crippen molar-refractivity contribution in [2.75, 3.05) is 20.0 Å². The normalized spacial score (nSPS) is 18.3. The van der Waals surface area contributed by atoms with Crippen molar-refractivity contribution >= 4 is 5.91 Å². The molecule has 0 spiro atoms. The second-order valence-corrected chi connectivity index (χ2v) is 4.79. The molecule has 1 saturated heterocycles. The number of rotatable bonds is 3. The number of hydrogen-bond acceptors (Lipinski definition) is 4. The highest BCUT2D eigenvalue weighted by Crippen LogP contribution is 2.32. The highest BCUT2D eigenvalue weighted by atomic mass is 16.7. The Bertz CT molecular complexity index is 469. The Morgan fingerprint density at radius 1 is 1.21 bits per heavy atom. The smallest absolute Gasteiger partial charge is 0.231 e. The van der Waals surface area contributed by atoms with Gasteiger partial charge in [-0.3, -0.25) is 4.79 Å². The number of benzene rings is 1. The number of ether oxygens (including phenoxy) is 3. The maximum atomic E-state index is 12.0. The predicted molar refractivity (Wildman–Crippen MR) is 68.0 cm³/mol. The molecule has 0 atom stereocenters. The number of fused-ring (bicyclic) bond motifs is 1. The second kappa shape index (κ2) is 5.48. The monoisotopic (exact) mass is 263 g/mol. The Hall–Kier alpha value is -1.75. The third kappa shape index (κ3) is 2.81. The molecule has 3 rings (SSSR count). The number of carbonyl (C=O) groups excluding carboxylic acids is 1. The molecule has 1 N–H and O–H groups in total. The van der Waals surface area contributed by atoms with E-state index in [2.05, 4.69) is 5.32 Å². The standard InChI is InChI=1S/C14H17NO4/c16-14(11-3-5-17-6-4-11)15-8-10-1-2-12-13(7-10)19-9-18-12/h1-2,7,11H,3-6,8-9H2,(H,15,16). The molecule has 0 unspecified atom stereocenters. The van der Waals surface area contributed by atoms with Gasteiger partial charge in [-0.15, -0.1) is 0 Å². The molecular weight excluding hydrogens is 246 g/mol. The quantitative estimate of drug-likeness (QED) is 0.897. The number of amides is 1. The Morgan fingerprint density at radius 3 is 2.84 bits per heavy atom. The van der Waals surface area contributed by atoms with Crippen LogP contribution in [0.15, 0.2) is 18.2 Å². The summed E-state index contributed by atoms with van der Waals surface area (Å²) in [7, 11) is 0. The summed E-state index contributed by atoms with van der Waals surface area (Å²) in [5.74, 6) is 1.71. The highest BCUT2D eigenvalue weighted by Gasteiger charge is 2.21. The molecule has 5 nitrogen and oxygen atoms in total. The molecule has 102 valence electrons. The van der Waals surface area contributed by atoms with Gasteiger partial charge in [0.1, 0.15) is 0 Å². The fourth-order valence-corrected chi connectivity index (χ4v) is 2.34. The van der Waals surface area contributed by atoms with Gasteiger partial charge in [-0.05, 0) is 30.5 Å². The summed E-state index contributed by atoms with van der Waals surface area (Å²) in [6.07, 6.45) is 1.62. The van der Waals surface area contributed by atoms with Crippen molar-refractivity contribution < 1.29 is 19.0 Å². The van der Waals surface area contributed by atoms with Gasteiger partial charge in [-0.1, -0.05) is 6.07 Å². The van der Waals surface area contributed by atoms with E-state index >= 15 is 0 Å². The highest BCUT2D eigenvalue weighted by molar-refractivity contribution is 5.78. The van der Waals surface area contributed by atoms with Gasteiger partial charge < -0.3 is 19.5 Å². The molecule has 0 aliphatic carbocycles. The van der Waals surface area contributed by atoms with Gasteiger partial charge in [0.25, 0.3) is 0 Å². The van der Waals surface area contributed by atoms with E-state index in [9.17, 15) is 4.79 Å². The summed E-state index contributed by atoms with van der Waals surface area (Å²) in [6.45, 7) is 2.16. The van der Waals surface area contributed by atoms with Crippen LogP contribution in [0.5, 0.6) is 11.5 Å². The fourth-order valence-electron chi connectivity index (χ4n) is 2.34.